The lowest BCUT2D eigenvalue weighted by molar-refractivity contribution is 0.0955. The Kier molecular flexibility index (Phi) is 9.80. The summed E-state index contributed by atoms with van der Waals surface area (Å²) in [7, 11) is 1.53. The van der Waals surface area contributed by atoms with E-state index >= 15 is 0 Å². The van der Waals surface area contributed by atoms with E-state index < -0.39 is 0 Å². The van der Waals surface area contributed by atoms with Crippen molar-refractivity contribution < 1.29 is 23.7 Å². The Hall–Kier alpha value is -4.49. The van der Waals surface area contributed by atoms with Crippen LogP contribution in [0.3, 0.4) is 0 Å². The average Bonchev–Trinajstić information content (AvgIpc) is 2.97. The first-order valence-corrected chi connectivity index (χ1v) is 12.8. The van der Waals surface area contributed by atoms with E-state index in [1.807, 2.05) is 61.5 Å². The van der Waals surface area contributed by atoms with Crippen molar-refractivity contribution in [2.75, 3.05) is 13.7 Å². The molecule has 0 aliphatic carbocycles. The molecule has 1 N–H and O–H groups in total. The highest BCUT2D eigenvalue weighted by Crippen LogP contribution is 2.37. The monoisotopic (exact) mass is 544 g/mol. The van der Waals surface area contributed by atoms with Gasteiger partial charge in [-0.2, -0.15) is 5.10 Å². The molecule has 0 fully saturated rings. The molecule has 0 saturated carbocycles. The number of nitrogens with zero attached hydrogens (tertiary/aromatic N) is 1. The minimum absolute atomic E-state index is 0.232. The van der Waals surface area contributed by atoms with Crippen LogP contribution in [-0.4, -0.2) is 25.8 Å². The van der Waals surface area contributed by atoms with Gasteiger partial charge < -0.3 is 18.9 Å². The van der Waals surface area contributed by atoms with Crippen molar-refractivity contribution in [1.82, 2.24) is 5.43 Å². The summed E-state index contributed by atoms with van der Waals surface area (Å²) in [4.78, 5) is 12.2. The molecule has 0 saturated heterocycles. The van der Waals surface area contributed by atoms with Crippen LogP contribution >= 0.6 is 11.6 Å². The molecule has 0 atom stereocenters. The Labute approximate surface area is 232 Å². The largest absolute Gasteiger partial charge is 0.493 e. The number of hydrogen-bond acceptors (Lipinski definition) is 6. The van der Waals surface area contributed by atoms with Crippen LogP contribution in [0.1, 0.15) is 34.0 Å². The number of carbonyl (C=O) groups excluding carboxylic acids is 1. The van der Waals surface area contributed by atoms with Crippen LogP contribution in [0.15, 0.2) is 96.1 Å². The van der Waals surface area contributed by atoms with Gasteiger partial charge in [-0.05, 0) is 60.0 Å². The van der Waals surface area contributed by atoms with E-state index in [1.54, 1.807) is 36.4 Å². The molecule has 4 rings (SSSR count). The van der Waals surface area contributed by atoms with Crippen molar-refractivity contribution in [3.05, 3.63) is 118 Å². The number of ether oxygens (including phenoxy) is 4. The van der Waals surface area contributed by atoms with Crippen LogP contribution < -0.4 is 24.4 Å². The topological polar surface area (TPSA) is 78.4 Å². The van der Waals surface area contributed by atoms with Gasteiger partial charge in [0.05, 0.1) is 25.0 Å². The zero-order chi connectivity index (χ0) is 27.5. The number of carbonyl (C=O) groups is 1. The highest BCUT2D eigenvalue weighted by atomic mass is 35.5. The number of benzene rings is 4. The molecule has 7 nitrogen and oxygen atoms in total. The maximum Gasteiger partial charge on any atom is 0.271 e. The Morgan fingerprint density at radius 1 is 0.821 bits per heavy atom. The van der Waals surface area contributed by atoms with Crippen molar-refractivity contribution in [2.24, 2.45) is 5.10 Å². The maximum atomic E-state index is 12.2. The van der Waals surface area contributed by atoms with Crippen molar-refractivity contribution in [2.45, 2.75) is 20.1 Å². The smallest absolute Gasteiger partial charge is 0.271 e. The molecule has 0 aliphatic rings. The Bertz CT molecular complexity index is 1410. The zero-order valence-electron chi connectivity index (χ0n) is 21.7. The standard InChI is InChI=1S/C31H29ClN2O5/c1-3-37-28-17-23(14-15-27(28)38-20-22-10-6-4-7-11-22)21-39-30-26(32)16-24(18-29(30)36-2)19-33-34-31(35)25-12-8-5-9-13-25/h4-19H,3,20-21H2,1-2H3,(H,34,35)/b33-19+. The molecule has 4 aromatic carbocycles. The third-order valence-corrected chi connectivity index (χ3v) is 5.88. The molecule has 0 aliphatic heterocycles. The van der Waals surface area contributed by atoms with Crippen LogP contribution in [0.25, 0.3) is 0 Å². The second-order valence-corrected chi connectivity index (χ2v) is 8.78. The predicted octanol–water partition coefficient (Wildman–Crippen LogP) is 6.67. The molecule has 0 unspecified atom stereocenters. The van der Waals surface area contributed by atoms with Gasteiger partial charge in [0.15, 0.2) is 23.0 Å². The maximum absolute atomic E-state index is 12.2. The van der Waals surface area contributed by atoms with Crippen molar-refractivity contribution in [3.63, 3.8) is 0 Å². The second kappa shape index (κ2) is 13.9. The normalized spacial score (nSPS) is 10.7. The fourth-order valence-corrected chi connectivity index (χ4v) is 3.97. The molecule has 1 amide bonds. The fraction of sp³-hybridized carbons (Fsp3) is 0.161. The van der Waals surface area contributed by atoms with Gasteiger partial charge in [-0.3, -0.25) is 4.79 Å². The molecule has 0 aromatic heterocycles. The third kappa shape index (κ3) is 7.75. The summed E-state index contributed by atoms with van der Waals surface area (Å²) < 4.78 is 23.3. The van der Waals surface area contributed by atoms with Gasteiger partial charge in [-0.1, -0.05) is 66.2 Å². The lowest BCUT2D eigenvalue weighted by Crippen LogP contribution is -2.17. The molecular formula is C31H29ClN2O5. The van der Waals surface area contributed by atoms with Crippen LogP contribution in [0.4, 0.5) is 0 Å². The Morgan fingerprint density at radius 3 is 2.26 bits per heavy atom. The van der Waals surface area contributed by atoms with Gasteiger partial charge in [0.2, 0.25) is 0 Å². The minimum atomic E-state index is -0.312. The second-order valence-electron chi connectivity index (χ2n) is 8.38. The first-order chi connectivity index (χ1) is 19.1. The van der Waals surface area contributed by atoms with Crippen LogP contribution in [0.5, 0.6) is 23.0 Å². The van der Waals surface area contributed by atoms with E-state index in [-0.39, 0.29) is 12.5 Å². The highest BCUT2D eigenvalue weighted by Gasteiger charge is 2.14. The number of halogens is 1. The summed E-state index contributed by atoms with van der Waals surface area (Å²) in [5.74, 6) is 1.81. The lowest BCUT2D eigenvalue weighted by atomic mass is 10.2. The van der Waals surface area contributed by atoms with Crippen LogP contribution in [0, 0.1) is 0 Å². The summed E-state index contributed by atoms with van der Waals surface area (Å²) in [6.07, 6.45) is 1.49. The van der Waals surface area contributed by atoms with Gasteiger partial charge in [0.1, 0.15) is 13.2 Å². The van der Waals surface area contributed by atoms with E-state index in [9.17, 15) is 4.79 Å². The molecule has 0 radical (unpaired) electrons. The average molecular weight is 545 g/mol. The predicted molar refractivity (Wildman–Crippen MR) is 152 cm³/mol. The summed E-state index contributed by atoms with van der Waals surface area (Å²) in [5, 5.41) is 4.37. The van der Waals surface area contributed by atoms with Gasteiger partial charge in [0, 0.05) is 5.56 Å². The summed E-state index contributed by atoms with van der Waals surface area (Å²) in [6, 6.07) is 27.9. The Morgan fingerprint density at radius 2 is 1.54 bits per heavy atom. The quantitative estimate of drug-likeness (QED) is 0.159. The SMILES string of the molecule is CCOc1cc(COc2c(Cl)cc(/C=N/NC(=O)c3ccccc3)cc2OC)ccc1OCc1ccccc1. The van der Waals surface area contributed by atoms with Crippen LogP contribution in [0.2, 0.25) is 5.02 Å². The molecule has 0 bridgehead atoms. The summed E-state index contributed by atoms with van der Waals surface area (Å²) in [5.41, 5.74) is 5.59. The number of hydrazone groups is 1. The van der Waals surface area contributed by atoms with Gasteiger partial charge in [-0.25, -0.2) is 5.43 Å². The van der Waals surface area contributed by atoms with E-state index in [4.69, 9.17) is 30.5 Å². The molecule has 39 heavy (non-hydrogen) atoms. The lowest BCUT2D eigenvalue weighted by Gasteiger charge is -2.16. The van der Waals surface area contributed by atoms with Crippen LogP contribution in [-0.2, 0) is 13.2 Å². The number of rotatable bonds is 12. The fourth-order valence-electron chi connectivity index (χ4n) is 3.69. The number of hydrogen-bond donors (Lipinski definition) is 1. The van der Waals surface area contributed by atoms with Gasteiger partial charge in [-0.15, -0.1) is 0 Å². The summed E-state index contributed by atoms with van der Waals surface area (Å²) in [6.45, 7) is 3.10. The molecule has 200 valence electrons. The molecule has 4 aromatic rings. The van der Waals surface area contributed by atoms with Crippen molar-refractivity contribution in [1.29, 1.82) is 0 Å². The van der Waals surface area contributed by atoms with E-state index in [1.165, 1.54) is 13.3 Å². The molecule has 8 heteroatoms. The number of nitrogens with one attached hydrogen (secondary N) is 1. The van der Waals surface area contributed by atoms with Crippen molar-refractivity contribution >= 4 is 23.7 Å². The molecular weight excluding hydrogens is 516 g/mol. The first kappa shape index (κ1) is 27.5. The van der Waals surface area contributed by atoms with E-state index in [0.717, 1.165) is 11.1 Å². The number of amides is 1. The van der Waals surface area contributed by atoms with Gasteiger partial charge >= 0.3 is 0 Å². The zero-order valence-corrected chi connectivity index (χ0v) is 22.5. The highest BCUT2D eigenvalue weighted by molar-refractivity contribution is 6.32. The van der Waals surface area contributed by atoms with E-state index in [0.29, 0.717) is 52.4 Å². The van der Waals surface area contributed by atoms with E-state index in [2.05, 4.69) is 10.5 Å². The Balaban J connectivity index is 1.41. The number of methoxy groups -OCH3 is 1. The van der Waals surface area contributed by atoms with Gasteiger partial charge in [0.25, 0.3) is 5.91 Å². The first-order valence-electron chi connectivity index (χ1n) is 12.4. The third-order valence-electron chi connectivity index (χ3n) is 5.60. The molecule has 0 heterocycles. The minimum Gasteiger partial charge on any atom is -0.493 e. The summed E-state index contributed by atoms with van der Waals surface area (Å²) >= 11 is 6.52. The van der Waals surface area contributed by atoms with Crippen molar-refractivity contribution in [3.8, 4) is 23.0 Å². The molecule has 0 spiro atoms.